The van der Waals surface area contributed by atoms with E-state index in [0.29, 0.717) is 37.3 Å². The molecule has 0 saturated carbocycles. The molecule has 142 valence electrons. The number of nitrogens with zero attached hydrogens (tertiary/aromatic N) is 1. The molecular formula is C19H25NO6. The number of carbonyl (C=O) groups is 3. The summed E-state index contributed by atoms with van der Waals surface area (Å²) in [6.45, 7) is 2.55. The number of ether oxygens (including phenoxy) is 2. The summed E-state index contributed by atoms with van der Waals surface area (Å²) < 4.78 is 10.6. The lowest BCUT2D eigenvalue weighted by Gasteiger charge is -2.23. The fraction of sp³-hybridized carbons (Fsp3) is 0.526. The SMILES string of the molecule is COCC1(C(=O)O)CCN(C(=O)CCCOc2cccc(C(C)=O)c2)C1. The number of hydrogen-bond donors (Lipinski definition) is 1. The lowest BCUT2D eigenvalue weighted by Crippen LogP contribution is -2.40. The number of carbonyl (C=O) groups excluding carboxylic acids is 2. The third kappa shape index (κ3) is 4.82. The van der Waals surface area contributed by atoms with E-state index in [2.05, 4.69) is 0 Å². The standard InChI is InChI=1S/C19H25NO6/c1-14(21)15-5-3-6-16(11-15)26-10-4-7-17(22)20-9-8-19(12-20,13-25-2)18(23)24/h3,5-6,11H,4,7-10,12-13H2,1-2H3,(H,23,24). The van der Waals surface area contributed by atoms with Crippen LogP contribution in [-0.2, 0) is 14.3 Å². The quantitative estimate of drug-likeness (QED) is 0.533. The highest BCUT2D eigenvalue weighted by molar-refractivity contribution is 5.94. The summed E-state index contributed by atoms with van der Waals surface area (Å²) in [7, 11) is 1.47. The molecule has 0 bridgehead atoms. The Balaban J connectivity index is 1.78. The monoisotopic (exact) mass is 363 g/mol. The number of aliphatic carboxylic acids is 1. The largest absolute Gasteiger partial charge is 0.494 e. The number of benzene rings is 1. The predicted octanol–water partition coefficient (Wildman–Crippen LogP) is 2.00. The lowest BCUT2D eigenvalue weighted by atomic mass is 9.88. The zero-order valence-electron chi connectivity index (χ0n) is 15.2. The maximum Gasteiger partial charge on any atom is 0.313 e. The van der Waals surface area contributed by atoms with E-state index in [9.17, 15) is 19.5 Å². The van der Waals surface area contributed by atoms with Crippen molar-refractivity contribution in [3.63, 3.8) is 0 Å². The lowest BCUT2D eigenvalue weighted by molar-refractivity contribution is -0.151. The minimum Gasteiger partial charge on any atom is -0.494 e. The van der Waals surface area contributed by atoms with Crippen LogP contribution in [0.1, 0.15) is 36.5 Å². The van der Waals surface area contributed by atoms with Crippen molar-refractivity contribution in [3.05, 3.63) is 29.8 Å². The van der Waals surface area contributed by atoms with Gasteiger partial charge in [-0.15, -0.1) is 0 Å². The van der Waals surface area contributed by atoms with E-state index in [1.165, 1.54) is 14.0 Å². The number of carboxylic acids is 1. The van der Waals surface area contributed by atoms with Crippen LogP contribution >= 0.6 is 0 Å². The van der Waals surface area contributed by atoms with Crippen LogP contribution < -0.4 is 4.74 Å². The van der Waals surface area contributed by atoms with Crippen molar-refractivity contribution in [1.82, 2.24) is 4.90 Å². The number of rotatable bonds is 9. The Hall–Kier alpha value is -2.41. The zero-order chi connectivity index (χ0) is 19.2. The van der Waals surface area contributed by atoms with Gasteiger partial charge in [0.05, 0.1) is 13.2 Å². The minimum atomic E-state index is -1.01. The van der Waals surface area contributed by atoms with Gasteiger partial charge in [0.25, 0.3) is 0 Å². The Kier molecular flexibility index (Phi) is 6.74. The highest BCUT2D eigenvalue weighted by Crippen LogP contribution is 2.31. The highest BCUT2D eigenvalue weighted by Gasteiger charge is 2.46. The molecule has 1 unspecified atom stereocenters. The Labute approximate surface area is 152 Å². The van der Waals surface area contributed by atoms with Gasteiger partial charge >= 0.3 is 5.97 Å². The number of methoxy groups -OCH3 is 1. The first kappa shape index (κ1) is 19.9. The molecule has 1 N–H and O–H groups in total. The Morgan fingerprint density at radius 3 is 2.73 bits per heavy atom. The van der Waals surface area contributed by atoms with Gasteiger partial charge in [0, 0.05) is 32.2 Å². The van der Waals surface area contributed by atoms with E-state index in [1.54, 1.807) is 29.2 Å². The molecule has 7 heteroatoms. The molecule has 1 atom stereocenters. The van der Waals surface area contributed by atoms with Crippen LogP contribution in [0.3, 0.4) is 0 Å². The van der Waals surface area contributed by atoms with Crippen molar-refractivity contribution < 1.29 is 29.0 Å². The van der Waals surface area contributed by atoms with Gasteiger partial charge in [-0.2, -0.15) is 0 Å². The van der Waals surface area contributed by atoms with E-state index in [-0.39, 0.29) is 31.3 Å². The van der Waals surface area contributed by atoms with Crippen LogP contribution in [-0.4, -0.2) is 61.1 Å². The second kappa shape index (κ2) is 8.80. The van der Waals surface area contributed by atoms with E-state index in [0.717, 1.165) is 0 Å². The van der Waals surface area contributed by atoms with E-state index in [1.807, 2.05) is 0 Å². The van der Waals surface area contributed by atoms with Crippen molar-refractivity contribution in [2.45, 2.75) is 26.2 Å². The minimum absolute atomic E-state index is 0.0300. The first-order valence-corrected chi connectivity index (χ1v) is 8.62. The molecule has 2 rings (SSSR count). The molecule has 1 aromatic carbocycles. The van der Waals surface area contributed by atoms with Crippen molar-refractivity contribution in [2.24, 2.45) is 5.41 Å². The molecule has 1 aromatic rings. The number of amides is 1. The second-order valence-corrected chi connectivity index (χ2v) is 6.62. The molecular weight excluding hydrogens is 338 g/mol. The maximum absolute atomic E-state index is 12.3. The molecule has 0 aromatic heterocycles. The summed E-state index contributed by atoms with van der Waals surface area (Å²) in [5.74, 6) is -0.442. The average Bonchev–Trinajstić information content (AvgIpc) is 3.05. The van der Waals surface area contributed by atoms with Crippen molar-refractivity contribution >= 4 is 17.7 Å². The van der Waals surface area contributed by atoms with Crippen LogP contribution in [0, 0.1) is 5.41 Å². The molecule has 1 aliphatic heterocycles. The maximum atomic E-state index is 12.3. The van der Waals surface area contributed by atoms with Gasteiger partial charge < -0.3 is 19.5 Å². The molecule has 0 radical (unpaired) electrons. The van der Waals surface area contributed by atoms with Gasteiger partial charge in [-0.3, -0.25) is 14.4 Å². The van der Waals surface area contributed by atoms with E-state index in [4.69, 9.17) is 9.47 Å². The summed E-state index contributed by atoms with van der Waals surface area (Å²) >= 11 is 0. The first-order valence-electron chi connectivity index (χ1n) is 8.62. The van der Waals surface area contributed by atoms with Crippen molar-refractivity contribution in [2.75, 3.05) is 33.4 Å². The molecule has 0 aliphatic carbocycles. The van der Waals surface area contributed by atoms with Gasteiger partial charge in [0.15, 0.2) is 5.78 Å². The van der Waals surface area contributed by atoms with Crippen LogP contribution in [0.5, 0.6) is 5.75 Å². The Bertz CT molecular complexity index is 674. The van der Waals surface area contributed by atoms with Gasteiger partial charge in [0.2, 0.25) is 5.91 Å². The molecule has 1 saturated heterocycles. The molecule has 1 aliphatic rings. The van der Waals surface area contributed by atoms with Gasteiger partial charge in [0.1, 0.15) is 11.2 Å². The fourth-order valence-electron chi connectivity index (χ4n) is 3.09. The Morgan fingerprint density at radius 2 is 2.08 bits per heavy atom. The summed E-state index contributed by atoms with van der Waals surface area (Å²) in [6.07, 6.45) is 1.20. The third-order valence-electron chi connectivity index (χ3n) is 4.63. The first-order chi connectivity index (χ1) is 12.4. The number of carboxylic acid groups (broad SMARTS) is 1. The molecule has 1 heterocycles. The van der Waals surface area contributed by atoms with Crippen LogP contribution in [0.2, 0.25) is 0 Å². The van der Waals surface area contributed by atoms with E-state index >= 15 is 0 Å². The van der Waals surface area contributed by atoms with Gasteiger partial charge in [-0.25, -0.2) is 0 Å². The third-order valence-corrected chi connectivity index (χ3v) is 4.63. The van der Waals surface area contributed by atoms with Crippen molar-refractivity contribution in [3.8, 4) is 5.75 Å². The summed E-state index contributed by atoms with van der Waals surface area (Å²) in [5.41, 5.74) is -0.424. The van der Waals surface area contributed by atoms with Gasteiger partial charge in [-0.1, -0.05) is 12.1 Å². The number of Topliss-reactive ketones (excluding diaryl/α,β-unsaturated/α-hetero) is 1. The summed E-state index contributed by atoms with van der Waals surface area (Å²) in [5, 5.41) is 9.43. The topological polar surface area (TPSA) is 93.1 Å². The summed E-state index contributed by atoms with van der Waals surface area (Å²) in [4.78, 5) is 36.8. The number of ketones is 1. The Morgan fingerprint density at radius 1 is 1.31 bits per heavy atom. The predicted molar refractivity (Wildman–Crippen MR) is 94.3 cm³/mol. The average molecular weight is 363 g/mol. The van der Waals surface area contributed by atoms with Crippen molar-refractivity contribution in [1.29, 1.82) is 0 Å². The highest BCUT2D eigenvalue weighted by atomic mass is 16.5. The van der Waals surface area contributed by atoms with Crippen LogP contribution in [0.15, 0.2) is 24.3 Å². The normalized spacial score (nSPS) is 19.4. The smallest absolute Gasteiger partial charge is 0.313 e. The summed E-state index contributed by atoms with van der Waals surface area (Å²) in [6, 6.07) is 6.92. The van der Waals surface area contributed by atoms with E-state index < -0.39 is 11.4 Å². The second-order valence-electron chi connectivity index (χ2n) is 6.62. The zero-order valence-corrected chi connectivity index (χ0v) is 15.2. The van der Waals surface area contributed by atoms with Crippen LogP contribution in [0.25, 0.3) is 0 Å². The van der Waals surface area contributed by atoms with Crippen LogP contribution in [0.4, 0.5) is 0 Å². The number of hydrogen-bond acceptors (Lipinski definition) is 5. The van der Waals surface area contributed by atoms with Gasteiger partial charge in [-0.05, 0) is 31.9 Å². The molecule has 0 spiro atoms. The molecule has 1 fully saturated rings. The molecule has 7 nitrogen and oxygen atoms in total. The molecule has 1 amide bonds. The fourth-order valence-corrected chi connectivity index (χ4v) is 3.09. The molecule has 26 heavy (non-hydrogen) atoms. The number of likely N-dealkylation sites (tertiary alicyclic amines) is 1.